The molecule has 0 aliphatic carbocycles. The van der Waals surface area contributed by atoms with E-state index in [4.69, 9.17) is 14.9 Å². The molecule has 130 valence electrons. The largest absolute Gasteiger partial charge is 0.396 e. The number of hydrogen-bond acceptors (Lipinski definition) is 3. The van der Waals surface area contributed by atoms with Gasteiger partial charge in [-0.15, -0.1) is 0 Å². The average molecular weight is 305 g/mol. The minimum atomic E-state index is 0.143. The molecule has 0 atom stereocenters. The van der Waals surface area contributed by atoms with Crippen LogP contribution in [0.4, 0.5) is 0 Å². The summed E-state index contributed by atoms with van der Waals surface area (Å²) in [6, 6.07) is 0. The molecule has 0 radical (unpaired) electrons. The lowest BCUT2D eigenvalue weighted by Crippen LogP contribution is -1.99. The van der Waals surface area contributed by atoms with E-state index in [0.717, 1.165) is 25.9 Å². The van der Waals surface area contributed by atoms with Gasteiger partial charge in [0.1, 0.15) is 0 Å². The van der Waals surface area contributed by atoms with Crippen molar-refractivity contribution >= 4 is 0 Å². The fourth-order valence-electron chi connectivity index (χ4n) is 2.01. The van der Waals surface area contributed by atoms with Crippen LogP contribution in [0.1, 0.15) is 90.9 Å². The summed E-state index contributed by atoms with van der Waals surface area (Å²) in [6.45, 7) is 6.16. The van der Waals surface area contributed by atoms with Gasteiger partial charge in [-0.25, -0.2) is 0 Å². The summed E-state index contributed by atoms with van der Waals surface area (Å²) in [4.78, 5) is 0. The average Bonchev–Trinajstić information content (AvgIpc) is 2.51. The van der Waals surface area contributed by atoms with Crippen LogP contribution in [0, 0.1) is 0 Å². The van der Waals surface area contributed by atoms with Gasteiger partial charge in [0.15, 0.2) is 0 Å². The van der Waals surface area contributed by atoms with E-state index < -0.39 is 0 Å². The minimum Gasteiger partial charge on any atom is -0.396 e. The first-order chi connectivity index (χ1) is 10.3. The van der Waals surface area contributed by atoms with Gasteiger partial charge in [0.25, 0.3) is 0 Å². The molecule has 3 heteroatoms. The van der Waals surface area contributed by atoms with Crippen LogP contribution in [0.15, 0.2) is 0 Å². The zero-order valence-electron chi connectivity index (χ0n) is 14.6. The number of rotatable bonds is 15. The Kier molecular flexibility index (Phi) is 27.4. The van der Waals surface area contributed by atoms with E-state index >= 15 is 0 Å². The Balaban J connectivity index is 0. The van der Waals surface area contributed by atoms with Crippen LogP contribution in [0.2, 0.25) is 0 Å². The predicted octanol–water partition coefficient (Wildman–Crippen LogP) is 4.70. The van der Waals surface area contributed by atoms with Gasteiger partial charge in [-0.05, 0) is 12.8 Å². The lowest BCUT2D eigenvalue weighted by atomic mass is 10.1. The second-order valence-corrected chi connectivity index (χ2v) is 5.60. The maximum absolute atomic E-state index is 8.57. The van der Waals surface area contributed by atoms with Crippen LogP contribution in [0.5, 0.6) is 0 Å². The molecular weight excluding hydrogens is 264 g/mol. The Hall–Kier alpha value is -0.120. The SMILES string of the molecule is CCCCCCCCCCCCO.CCCCOCCO. The van der Waals surface area contributed by atoms with Crippen molar-refractivity contribution in [3.05, 3.63) is 0 Å². The molecule has 0 spiro atoms. The molecule has 0 bridgehead atoms. The van der Waals surface area contributed by atoms with Crippen LogP contribution in [0.3, 0.4) is 0 Å². The normalized spacial score (nSPS) is 10.3. The predicted molar refractivity (Wildman–Crippen MR) is 91.7 cm³/mol. The van der Waals surface area contributed by atoms with Crippen molar-refractivity contribution in [3.63, 3.8) is 0 Å². The van der Waals surface area contributed by atoms with Crippen LogP contribution in [0.25, 0.3) is 0 Å². The van der Waals surface area contributed by atoms with Gasteiger partial charge in [-0.2, -0.15) is 0 Å². The number of unbranched alkanes of at least 4 members (excludes halogenated alkanes) is 10. The van der Waals surface area contributed by atoms with E-state index in [0.29, 0.717) is 13.2 Å². The maximum atomic E-state index is 8.57. The van der Waals surface area contributed by atoms with Crippen molar-refractivity contribution in [2.75, 3.05) is 26.4 Å². The molecule has 0 aliphatic rings. The zero-order valence-corrected chi connectivity index (χ0v) is 14.6. The third kappa shape index (κ3) is 28.7. The Morgan fingerprint density at radius 1 is 0.524 bits per heavy atom. The van der Waals surface area contributed by atoms with Gasteiger partial charge in [0.05, 0.1) is 13.2 Å². The Morgan fingerprint density at radius 3 is 1.43 bits per heavy atom. The molecule has 0 aromatic carbocycles. The number of ether oxygens (including phenoxy) is 1. The highest BCUT2D eigenvalue weighted by Gasteiger charge is 1.91. The summed E-state index contributed by atoms with van der Waals surface area (Å²) in [5.74, 6) is 0. The number of aliphatic hydroxyl groups excluding tert-OH is 2. The third-order valence-electron chi connectivity index (χ3n) is 3.39. The van der Waals surface area contributed by atoms with Crippen molar-refractivity contribution in [1.82, 2.24) is 0 Å². The molecule has 0 saturated heterocycles. The van der Waals surface area contributed by atoms with Crippen molar-refractivity contribution in [2.24, 2.45) is 0 Å². The monoisotopic (exact) mass is 304 g/mol. The van der Waals surface area contributed by atoms with E-state index in [-0.39, 0.29) is 6.61 Å². The molecular formula is C18H40O3. The molecule has 0 aromatic heterocycles. The fourth-order valence-corrected chi connectivity index (χ4v) is 2.01. The third-order valence-corrected chi connectivity index (χ3v) is 3.39. The molecule has 0 aliphatic heterocycles. The summed E-state index contributed by atoms with van der Waals surface area (Å²) in [6.07, 6.45) is 15.6. The number of aliphatic hydroxyl groups is 2. The lowest BCUT2D eigenvalue weighted by Gasteiger charge is -2.00. The quantitative estimate of drug-likeness (QED) is 0.431. The van der Waals surface area contributed by atoms with Crippen LogP contribution in [-0.4, -0.2) is 36.6 Å². The molecule has 3 nitrogen and oxygen atoms in total. The van der Waals surface area contributed by atoms with Gasteiger partial charge in [0.2, 0.25) is 0 Å². The second kappa shape index (κ2) is 24.9. The van der Waals surface area contributed by atoms with Crippen molar-refractivity contribution < 1.29 is 14.9 Å². The maximum Gasteiger partial charge on any atom is 0.0697 e. The highest BCUT2D eigenvalue weighted by molar-refractivity contribution is 4.46. The lowest BCUT2D eigenvalue weighted by molar-refractivity contribution is 0.0904. The number of hydrogen-bond donors (Lipinski definition) is 2. The molecule has 0 unspecified atom stereocenters. The Morgan fingerprint density at radius 2 is 1.00 bits per heavy atom. The molecule has 0 rings (SSSR count). The van der Waals surface area contributed by atoms with E-state index in [9.17, 15) is 0 Å². The molecule has 0 fully saturated rings. The van der Waals surface area contributed by atoms with Crippen LogP contribution in [-0.2, 0) is 4.74 Å². The van der Waals surface area contributed by atoms with Gasteiger partial charge in [-0.3, -0.25) is 0 Å². The first kappa shape index (κ1) is 23.2. The summed E-state index contributed by atoms with van der Waals surface area (Å²) >= 11 is 0. The van der Waals surface area contributed by atoms with Crippen LogP contribution < -0.4 is 0 Å². The molecule has 21 heavy (non-hydrogen) atoms. The van der Waals surface area contributed by atoms with E-state index in [1.54, 1.807) is 0 Å². The van der Waals surface area contributed by atoms with Crippen molar-refractivity contribution in [1.29, 1.82) is 0 Å². The minimum absolute atomic E-state index is 0.143. The summed E-state index contributed by atoms with van der Waals surface area (Å²) in [5, 5.41) is 16.8. The van der Waals surface area contributed by atoms with Gasteiger partial charge >= 0.3 is 0 Å². The Bertz CT molecular complexity index is 135. The van der Waals surface area contributed by atoms with E-state index in [1.807, 2.05) is 0 Å². The van der Waals surface area contributed by atoms with Gasteiger partial charge in [0, 0.05) is 13.2 Å². The van der Waals surface area contributed by atoms with Crippen molar-refractivity contribution in [3.8, 4) is 0 Å². The summed E-state index contributed by atoms with van der Waals surface area (Å²) in [7, 11) is 0. The van der Waals surface area contributed by atoms with Gasteiger partial charge in [-0.1, -0.05) is 78.1 Å². The van der Waals surface area contributed by atoms with Crippen LogP contribution >= 0.6 is 0 Å². The second-order valence-electron chi connectivity index (χ2n) is 5.60. The Labute approximate surface area is 133 Å². The fraction of sp³-hybridized carbons (Fsp3) is 1.00. The highest BCUT2D eigenvalue weighted by Crippen LogP contribution is 2.09. The van der Waals surface area contributed by atoms with Crippen molar-refractivity contribution in [2.45, 2.75) is 90.9 Å². The zero-order chi connectivity index (χ0) is 16.0. The standard InChI is InChI=1S/C12H26O.C6H14O2/c1-2-3-4-5-6-7-8-9-10-11-12-13;1-2-3-5-8-6-4-7/h13H,2-12H2,1H3;7H,2-6H2,1H3. The smallest absolute Gasteiger partial charge is 0.0697 e. The first-order valence-corrected chi connectivity index (χ1v) is 9.12. The van der Waals surface area contributed by atoms with E-state index in [2.05, 4.69) is 13.8 Å². The molecule has 0 amide bonds. The molecule has 0 saturated carbocycles. The summed E-state index contributed by atoms with van der Waals surface area (Å²) < 4.78 is 4.97. The van der Waals surface area contributed by atoms with E-state index in [1.165, 1.54) is 57.8 Å². The molecule has 2 N–H and O–H groups in total. The highest BCUT2D eigenvalue weighted by atomic mass is 16.5. The summed E-state index contributed by atoms with van der Waals surface area (Å²) in [5.41, 5.74) is 0. The molecule has 0 heterocycles. The topological polar surface area (TPSA) is 49.7 Å². The van der Waals surface area contributed by atoms with Gasteiger partial charge < -0.3 is 14.9 Å². The molecule has 0 aromatic rings. The first-order valence-electron chi connectivity index (χ1n) is 9.12.